The zero-order valence-corrected chi connectivity index (χ0v) is 24.7. The predicted octanol–water partition coefficient (Wildman–Crippen LogP) is 11.3. The van der Waals surface area contributed by atoms with Crippen molar-refractivity contribution in [2.24, 2.45) is 0 Å². The molecule has 0 fully saturated rings. The predicted molar refractivity (Wildman–Crippen MR) is 138 cm³/mol. The summed E-state index contributed by atoms with van der Waals surface area (Å²) in [5.74, 6) is -20.9. The fourth-order valence-electron chi connectivity index (χ4n) is 4.70. The van der Waals surface area contributed by atoms with E-state index in [1.54, 1.807) is 6.92 Å². The van der Waals surface area contributed by atoms with Gasteiger partial charge in [-0.15, -0.1) is 13.2 Å². The Balaban J connectivity index is 1.62. The molecule has 0 aliphatic carbocycles. The van der Waals surface area contributed by atoms with Gasteiger partial charge in [0.15, 0.2) is 0 Å². The minimum atomic E-state index is -6.14. The Morgan fingerprint density at radius 1 is 0.451 bits per heavy atom. The molecule has 0 heterocycles. The second kappa shape index (κ2) is 13.8. The van der Waals surface area contributed by atoms with Crippen molar-refractivity contribution in [3.8, 4) is 22.6 Å². The minimum absolute atomic E-state index is 0.0848. The molecule has 4 aromatic carbocycles. The maximum Gasteiger partial charge on any atom is 0.527 e. The minimum Gasteiger partial charge on any atom is -0.429 e. The van der Waals surface area contributed by atoms with Gasteiger partial charge in [0.1, 0.15) is 74.7 Å². The highest BCUT2D eigenvalue weighted by molar-refractivity contribution is 5.66. The number of halogens is 17. The molecule has 0 atom stereocenters. The Bertz CT molecular complexity index is 1860. The van der Waals surface area contributed by atoms with E-state index in [0.717, 1.165) is 12.1 Å². The average molecular weight is 758 g/mol. The molecular formula is C31H15F17O3. The molecule has 0 aliphatic heterocycles. The maximum atomic E-state index is 14.9. The van der Waals surface area contributed by atoms with Gasteiger partial charge in [0.2, 0.25) is 0 Å². The highest BCUT2D eigenvalue weighted by Gasteiger charge is 2.50. The molecule has 0 N–H and O–H groups in total. The normalized spacial score (nSPS) is 12.7. The summed E-state index contributed by atoms with van der Waals surface area (Å²) >= 11 is 0. The van der Waals surface area contributed by atoms with Gasteiger partial charge in [-0.2, -0.15) is 26.3 Å². The van der Waals surface area contributed by atoms with Crippen molar-refractivity contribution in [3.63, 3.8) is 0 Å². The van der Waals surface area contributed by atoms with E-state index >= 15 is 0 Å². The van der Waals surface area contributed by atoms with Gasteiger partial charge in [-0.05, 0) is 41.8 Å². The summed E-state index contributed by atoms with van der Waals surface area (Å²) < 4.78 is 249. The van der Waals surface area contributed by atoms with E-state index in [4.69, 9.17) is 0 Å². The lowest BCUT2D eigenvalue weighted by molar-refractivity contribution is -0.432. The van der Waals surface area contributed by atoms with Gasteiger partial charge in [-0.1, -0.05) is 13.3 Å². The Morgan fingerprint density at radius 2 is 0.784 bits per heavy atom. The van der Waals surface area contributed by atoms with Gasteiger partial charge >= 0.3 is 24.7 Å². The molecule has 0 aliphatic rings. The van der Waals surface area contributed by atoms with Crippen LogP contribution in [0.15, 0.2) is 48.5 Å². The molecule has 4 rings (SSSR count). The van der Waals surface area contributed by atoms with Crippen LogP contribution < -0.4 is 9.47 Å². The van der Waals surface area contributed by atoms with E-state index in [1.807, 2.05) is 0 Å². The fourth-order valence-corrected chi connectivity index (χ4v) is 4.70. The average Bonchev–Trinajstić information content (AvgIpc) is 2.89. The second-order valence-corrected chi connectivity index (χ2v) is 10.3. The van der Waals surface area contributed by atoms with Gasteiger partial charge < -0.3 is 9.47 Å². The van der Waals surface area contributed by atoms with Crippen molar-refractivity contribution in [1.82, 2.24) is 0 Å². The molecule has 20 heteroatoms. The van der Waals surface area contributed by atoms with Crippen LogP contribution in [-0.2, 0) is 29.5 Å². The lowest BCUT2D eigenvalue weighted by Crippen LogP contribution is -2.30. The van der Waals surface area contributed by atoms with Crippen LogP contribution in [0.25, 0.3) is 11.1 Å². The Kier molecular flexibility index (Phi) is 10.5. The first-order valence-corrected chi connectivity index (χ1v) is 13.6. The molecule has 0 unspecified atom stereocenters. The lowest BCUT2D eigenvalue weighted by Gasteiger charge is -2.23. The van der Waals surface area contributed by atoms with E-state index in [0.29, 0.717) is 6.42 Å². The summed E-state index contributed by atoms with van der Waals surface area (Å²) in [6.45, 7) is 1.69. The van der Waals surface area contributed by atoms with Crippen molar-refractivity contribution in [3.05, 3.63) is 117 Å². The number of hydrogen-bond donors (Lipinski definition) is 0. The summed E-state index contributed by atoms with van der Waals surface area (Å²) in [4.78, 5) is 0. The smallest absolute Gasteiger partial charge is 0.429 e. The topological polar surface area (TPSA) is 27.7 Å². The number of benzene rings is 4. The highest BCUT2D eigenvalue weighted by Crippen LogP contribution is 2.43. The maximum absolute atomic E-state index is 14.9. The largest absolute Gasteiger partial charge is 0.527 e. The summed E-state index contributed by atoms with van der Waals surface area (Å²) in [5, 5.41) is 0. The molecule has 0 saturated carbocycles. The lowest BCUT2D eigenvalue weighted by atomic mass is 9.98. The van der Waals surface area contributed by atoms with Crippen molar-refractivity contribution < 1.29 is 88.8 Å². The number of rotatable bonds is 11. The molecule has 276 valence electrons. The van der Waals surface area contributed by atoms with Gasteiger partial charge in [0.25, 0.3) is 0 Å². The second-order valence-electron chi connectivity index (χ2n) is 10.3. The van der Waals surface area contributed by atoms with Gasteiger partial charge in [0, 0.05) is 24.3 Å². The van der Waals surface area contributed by atoms with Crippen LogP contribution in [0.3, 0.4) is 0 Å². The van der Waals surface area contributed by atoms with Crippen LogP contribution in [0, 0.1) is 46.5 Å². The molecule has 51 heavy (non-hydrogen) atoms. The van der Waals surface area contributed by atoms with E-state index < -0.39 is 135 Å². The van der Waals surface area contributed by atoms with E-state index in [9.17, 15) is 74.6 Å². The van der Waals surface area contributed by atoms with Crippen LogP contribution in [0.5, 0.6) is 11.5 Å². The molecule has 0 aromatic heterocycles. The third-order valence-corrected chi connectivity index (χ3v) is 6.61. The number of ether oxygens (including phenoxy) is 3. The van der Waals surface area contributed by atoms with Crippen LogP contribution in [0.1, 0.15) is 35.6 Å². The first kappa shape index (κ1) is 39.0. The van der Waals surface area contributed by atoms with Gasteiger partial charge in [0.05, 0.1) is 5.56 Å². The molecule has 3 nitrogen and oxygen atoms in total. The summed E-state index contributed by atoms with van der Waals surface area (Å²) in [6, 6.07) is -0.000124. The van der Waals surface area contributed by atoms with Crippen molar-refractivity contribution in [2.45, 2.75) is 44.5 Å². The van der Waals surface area contributed by atoms with Gasteiger partial charge in [-0.25, -0.2) is 39.9 Å². The number of hydrogen-bond acceptors (Lipinski definition) is 3. The number of alkyl halides is 9. The van der Waals surface area contributed by atoms with Crippen LogP contribution in [0.2, 0.25) is 0 Å². The van der Waals surface area contributed by atoms with E-state index in [2.05, 4.69) is 14.2 Å². The monoisotopic (exact) mass is 758 g/mol. The quantitative estimate of drug-likeness (QED) is 0.143. The fraction of sp³-hybridized carbons (Fsp3) is 0.226. The summed E-state index contributed by atoms with van der Waals surface area (Å²) in [5.41, 5.74) is -9.19. The molecule has 0 radical (unpaired) electrons. The molecule has 0 bridgehead atoms. The third-order valence-electron chi connectivity index (χ3n) is 6.61. The molecule has 0 spiro atoms. The zero-order valence-electron chi connectivity index (χ0n) is 24.7. The highest BCUT2D eigenvalue weighted by atomic mass is 19.4. The SMILES string of the molecule is CCCc1cc(F)c(-c2cc(F)c(C(F)(F)Oc3cc(F)c(C(F)(F)Oc4cc(F)c(C(F)(F)OC(F)(F)F)c(F)c4)c(F)c3)c(F)c2)c(F)c1. The zero-order chi connectivity index (χ0) is 38.4. The summed E-state index contributed by atoms with van der Waals surface area (Å²) in [7, 11) is 0. The Morgan fingerprint density at radius 3 is 1.12 bits per heavy atom. The number of aryl methyl sites for hydroxylation is 1. The van der Waals surface area contributed by atoms with E-state index in [-0.39, 0.29) is 24.1 Å². The van der Waals surface area contributed by atoms with Crippen LogP contribution >= 0.6 is 0 Å². The van der Waals surface area contributed by atoms with Gasteiger partial charge in [-0.3, -0.25) is 0 Å². The molecule has 4 aromatic rings. The van der Waals surface area contributed by atoms with Crippen LogP contribution in [0.4, 0.5) is 74.6 Å². The first-order chi connectivity index (χ1) is 23.4. The van der Waals surface area contributed by atoms with Crippen molar-refractivity contribution >= 4 is 0 Å². The van der Waals surface area contributed by atoms with Crippen molar-refractivity contribution in [2.75, 3.05) is 0 Å². The molecule has 0 amide bonds. The molecule has 0 saturated heterocycles. The van der Waals surface area contributed by atoms with E-state index in [1.165, 1.54) is 0 Å². The van der Waals surface area contributed by atoms with Crippen LogP contribution in [-0.4, -0.2) is 6.36 Å². The molecular weight excluding hydrogens is 743 g/mol. The first-order valence-electron chi connectivity index (χ1n) is 13.6. The third kappa shape index (κ3) is 8.42. The standard InChI is InChI=1S/C31H15F17O3/c1-2-3-12-4-16(32)24(17(33)5-12)13-6-18(34)25(19(35)7-13)28(40,41)49-14-8-20(36)26(21(37)9-14)29(42,43)50-15-10-22(38)27(23(39)11-15)30(44,45)51-31(46,47)48/h4-11H,2-3H2,1H3. The Hall–Kier alpha value is -4.75. The summed E-state index contributed by atoms with van der Waals surface area (Å²) in [6.07, 6.45) is -21.8. The van der Waals surface area contributed by atoms with Crippen molar-refractivity contribution in [1.29, 1.82) is 0 Å². The Labute approximate surface area is 273 Å².